The van der Waals surface area contributed by atoms with Crippen molar-refractivity contribution in [3.63, 3.8) is 0 Å². The third-order valence-corrected chi connectivity index (χ3v) is 4.59. The molecule has 1 unspecified atom stereocenters. The van der Waals surface area contributed by atoms with Crippen LogP contribution < -0.4 is 10.5 Å². The van der Waals surface area contributed by atoms with Gasteiger partial charge in [-0.1, -0.05) is 6.42 Å². The van der Waals surface area contributed by atoms with Gasteiger partial charge in [-0.3, -0.25) is 4.79 Å². The van der Waals surface area contributed by atoms with Gasteiger partial charge in [0.05, 0.1) is 4.90 Å². The number of primary sulfonamides is 1. The van der Waals surface area contributed by atoms with E-state index in [9.17, 15) is 13.2 Å². The summed E-state index contributed by atoms with van der Waals surface area (Å²) in [7, 11) is -3.71. The molecule has 104 valence electrons. The topological polar surface area (TPSA) is 89.3 Å². The van der Waals surface area contributed by atoms with Crippen LogP contribution in [0.1, 0.15) is 36.5 Å². The molecule has 0 aliphatic heterocycles. The fraction of sp³-hybridized carbons (Fsp3) is 0.462. The third-order valence-electron chi connectivity index (χ3n) is 3.66. The van der Waals surface area contributed by atoms with Crippen molar-refractivity contribution in [1.29, 1.82) is 0 Å². The molecular formula is C13H18N2O3S. The molecule has 5 nitrogen and oxygen atoms in total. The van der Waals surface area contributed by atoms with Crippen LogP contribution in [0.15, 0.2) is 29.2 Å². The number of hydrogen-bond donors (Lipinski definition) is 2. The molecule has 1 saturated carbocycles. The largest absolute Gasteiger partial charge is 0.349 e. The molecule has 6 heteroatoms. The maximum Gasteiger partial charge on any atom is 0.251 e. The Morgan fingerprint density at radius 1 is 1.32 bits per heavy atom. The predicted molar refractivity (Wildman–Crippen MR) is 72.1 cm³/mol. The van der Waals surface area contributed by atoms with E-state index < -0.39 is 10.0 Å². The van der Waals surface area contributed by atoms with Crippen LogP contribution in [-0.4, -0.2) is 20.4 Å². The average molecular weight is 282 g/mol. The predicted octanol–water partition coefficient (Wildman–Crippen LogP) is 1.25. The molecule has 0 radical (unpaired) electrons. The van der Waals surface area contributed by atoms with E-state index in [1.807, 2.05) is 6.92 Å². The molecule has 3 N–H and O–H groups in total. The van der Waals surface area contributed by atoms with Gasteiger partial charge in [0.2, 0.25) is 10.0 Å². The second-order valence-corrected chi connectivity index (χ2v) is 6.58. The van der Waals surface area contributed by atoms with Crippen LogP contribution in [0.25, 0.3) is 0 Å². The normalized spacial score (nSPS) is 17.6. The van der Waals surface area contributed by atoms with E-state index in [4.69, 9.17) is 5.14 Å². The van der Waals surface area contributed by atoms with Crippen LogP contribution in [0.2, 0.25) is 0 Å². The summed E-state index contributed by atoms with van der Waals surface area (Å²) in [5, 5.41) is 7.94. The summed E-state index contributed by atoms with van der Waals surface area (Å²) in [5.74, 6) is 0.382. The lowest BCUT2D eigenvalue weighted by Crippen LogP contribution is -2.40. The van der Waals surface area contributed by atoms with Gasteiger partial charge in [0, 0.05) is 11.6 Å². The van der Waals surface area contributed by atoms with E-state index in [1.165, 1.54) is 30.7 Å². The second-order valence-electron chi connectivity index (χ2n) is 5.02. The summed E-state index contributed by atoms with van der Waals surface area (Å²) in [6, 6.07) is 5.79. The summed E-state index contributed by atoms with van der Waals surface area (Å²) >= 11 is 0. The van der Waals surface area contributed by atoms with Gasteiger partial charge in [0.15, 0.2) is 0 Å². The number of carbonyl (C=O) groups is 1. The minimum atomic E-state index is -3.71. The highest BCUT2D eigenvalue weighted by atomic mass is 32.2. The second kappa shape index (κ2) is 5.30. The Morgan fingerprint density at radius 2 is 1.89 bits per heavy atom. The SMILES string of the molecule is CC(NC(=O)c1ccc(S(N)(=O)=O)cc1)C1CCC1. The fourth-order valence-corrected chi connectivity index (χ4v) is 2.66. The number of sulfonamides is 1. The van der Waals surface area contributed by atoms with E-state index in [0.717, 1.165) is 12.8 Å². The first kappa shape index (κ1) is 14.0. The van der Waals surface area contributed by atoms with Gasteiger partial charge >= 0.3 is 0 Å². The van der Waals surface area contributed by atoms with Crippen molar-refractivity contribution in [2.45, 2.75) is 37.1 Å². The Balaban J connectivity index is 2.03. The van der Waals surface area contributed by atoms with Gasteiger partial charge in [0.1, 0.15) is 0 Å². The van der Waals surface area contributed by atoms with Gasteiger partial charge in [-0.05, 0) is 49.9 Å². The molecule has 1 fully saturated rings. The van der Waals surface area contributed by atoms with Gasteiger partial charge in [-0.25, -0.2) is 13.6 Å². The molecular weight excluding hydrogens is 264 g/mol. The summed E-state index contributed by atoms with van der Waals surface area (Å²) in [6.45, 7) is 2.00. The minimum absolute atomic E-state index is 0.0103. The molecule has 1 aliphatic rings. The lowest BCUT2D eigenvalue weighted by molar-refractivity contribution is 0.0909. The van der Waals surface area contributed by atoms with Crippen LogP contribution >= 0.6 is 0 Å². The zero-order valence-electron chi connectivity index (χ0n) is 10.8. The van der Waals surface area contributed by atoms with Crippen LogP contribution in [0, 0.1) is 5.92 Å². The number of nitrogens with two attached hydrogens (primary N) is 1. The summed E-state index contributed by atoms with van der Waals surface area (Å²) in [6.07, 6.45) is 3.55. The molecule has 0 heterocycles. The Kier molecular flexibility index (Phi) is 3.91. The van der Waals surface area contributed by atoms with E-state index >= 15 is 0 Å². The molecule has 1 amide bonds. The van der Waals surface area contributed by atoms with Crippen molar-refractivity contribution in [3.05, 3.63) is 29.8 Å². The lowest BCUT2D eigenvalue weighted by atomic mass is 9.80. The molecule has 19 heavy (non-hydrogen) atoms. The minimum Gasteiger partial charge on any atom is -0.349 e. The van der Waals surface area contributed by atoms with Crippen molar-refractivity contribution >= 4 is 15.9 Å². The van der Waals surface area contributed by atoms with Crippen molar-refractivity contribution in [2.75, 3.05) is 0 Å². The first-order valence-electron chi connectivity index (χ1n) is 6.31. The van der Waals surface area contributed by atoms with Crippen molar-refractivity contribution in [3.8, 4) is 0 Å². The first-order valence-corrected chi connectivity index (χ1v) is 7.86. The van der Waals surface area contributed by atoms with E-state index in [-0.39, 0.29) is 16.8 Å². The lowest BCUT2D eigenvalue weighted by Gasteiger charge is -2.31. The Morgan fingerprint density at radius 3 is 2.32 bits per heavy atom. The van der Waals surface area contributed by atoms with E-state index in [1.54, 1.807) is 0 Å². The summed E-state index contributed by atoms with van der Waals surface area (Å²) in [5.41, 5.74) is 0.443. The maximum atomic E-state index is 12.0. The quantitative estimate of drug-likeness (QED) is 0.871. The molecule has 0 spiro atoms. The number of amides is 1. The molecule has 1 atom stereocenters. The molecule has 1 aromatic carbocycles. The fourth-order valence-electron chi connectivity index (χ4n) is 2.14. The highest BCUT2D eigenvalue weighted by molar-refractivity contribution is 7.89. The van der Waals surface area contributed by atoms with Crippen LogP contribution in [0.4, 0.5) is 0 Å². The zero-order chi connectivity index (χ0) is 14.0. The van der Waals surface area contributed by atoms with Crippen molar-refractivity contribution in [1.82, 2.24) is 5.32 Å². The number of carbonyl (C=O) groups excluding carboxylic acids is 1. The monoisotopic (exact) mass is 282 g/mol. The van der Waals surface area contributed by atoms with E-state index in [0.29, 0.717) is 11.5 Å². The third kappa shape index (κ3) is 3.33. The molecule has 1 aromatic rings. The average Bonchev–Trinajstić information content (AvgIpc) is 2.25. The van der Waals surface area contributed by atoms with Crippen LogP contribution in [0.3, 0.4) is 0 Å². The standard InChI is InChI=1S/C13H18N2O3S/c1-9(10-3-2-4-10)15-13(16)11-5-7-12(8-6-11)19(14,17)18/h5-10H,2-4H2,1H3,(H,15,16)(H2,14,17,18). The Bertz CT molecular complexity index is 562. The molecule has 0 aromatic heterocycles. The number of nitrogens with one attached hydrogen (secondary N) is 1. The smallest absolute Gasteiger partial charge is 0.251 e. The molecule has 0 bridgehead atoms. The number of rotatable bonds is 4. The first-order chi connectivity index (χ1) is 8.88. The van der Waals surface area contributed by atoms with Crippen LogP contribution in [0.5, 0.6) is 0 Å². The number of benzene rings is 1. The Hall–Kier alpha value is -1.40. The van der Waals surface area contributed by atoms with E-state index in [2.05, 4.69) is 5.32 Å². The highest BCUT2D eigenvalue weighted by Gasteiger charge is 2.25. The Labute approximate surface area is 113 Å². The summed E-state index contributed by atoms with van der Waals surface area (Å²) < 4.78 is 22.2. The van der Waals surface area contributed by atoms with Crippen molar-refractivity contribution < 1.29 is 13.2 Å². The molecule has 0 saturated heterocycles. The highest BCUT2D eigenvalue weighted by Crippen LogP contribution is 2.29. The van der Waals surface area contributed by atoms with Gasteiger partial charge in [0.25, 0.3) is 5.91 Å². The summed E-state index contributed by atoms with van der Waals surface area (Å²) in [4.78, 5) is 12.0. The molecule has 1 aliphatic carbocycles. The van der Waals surface area contributed by atoms with Crippen molar-refractivity contribution in [2.24, 2.45) is 11.1 Å². The van der Waals surface area contributed by atoms with Gasteiger partial charge in [-0.15, -0.1) is 0 Å². The number of hydrogen-bond acceptors (Lipinski definition) is 3. The van der Waals surface area contributed by atoms with Crippen LogP contribution in [-0.2, 0) is 10.0 Å². The zero-order valence-corrected chi connectivity index (χ0v) is 11.6. The molecule has 2 rings (SSSR count). The maximum absolute atomic E-state index is 12.0. The van der Waals surface area contributed by atoms with Gasteiger partial charge < -0.3 is 5.32 Å². The van der Waals surface area contributed by atoms with Gasteiger partial charge in [-0.2, -0.15) is 0 Å².